The van der Waals surface area contributed by atoms with E-state index in [-0.39, 0.29) is 18.5 Å². The standard InChI is InChI=1S/C28H31N3O5/c1-18-6-5-7-21(14-18)30-28(33)31-13-12-20-15-25(35-3)26(36-4)16-23(20)24(31)17-29-27(32)19-8-10-22(34-2)11-9-19/h5-11,14-16,24H,12-13,17H2,1-4H3,(H,29,32)(H,30,33)/t24-/m0/s1. The van der Waals surface area contributed by atoms with Gasteiger partial charge in [-0.05, 0) is 78.6 Å². The third kappa shape index (κ3) is 5.38. The second-order valence-electron chi connectivity index (χ2n) is 8.60. The molecule has 3 aromatic rings. The van der Waals surface area contributed by atoms with E-state index >= 15 is 0 Å². The molecule has 1 aliphatic heterocycles. The normalized spacial score (nSPS) is 14.4. The van der Waals surface area contributed by atoms with Gasteiger partial charge < -0.3 is 29.7 Å². The highest BCUT2D eigenvalue weighted by Crippen LogP contribution is 2.38. The quantitative estimate of drug-likeness (QED) is 0.507. The molecule has 8 nitrogen and oxygen atoms in total. The van der Waals surface area contributed by atoms with Crippen molar-refractivity contribution in [2.45, 2.75) is 19.4 Å². The number of nitrogens with one attached hydrogen (secondary N) is 2. The topological polar surface area (TPSA) is 89.1 Å². The van der Waals surface area contributed by atoms with Gasteiger partial charge in [0, 0.05) is 24.3 Å². The number of hydrogen-bond donors (Lipinski definition) is 2. The first kappa shape index (κ1) is 24.9. The molecule has 0 unspecified atom stereocenters. The molecule has 0 saturated carbocycles. The fraction of sp³-hybridized carbons (Fsp3) is 0.286. The van der Waals surface area contributed by atoms with Crippen LogP contribution in [0.1, 0.15) is 33.1 Å². The minimum absolute atomic E-state index is 0.231. The lowest BCUT2D eigenvalue weighted by Gasteiger charge is -2.38. The van der Waals surface area contributed by atoms with E-state index in [1.54, 1.807) is 50.5 Å². The Bertz CT molecular complexity index is 1240. The van der Waals surface area contributed by atoms with Crippen molar-refractivity contribution in [1.82, 2.24) is 10.2 Å². The van der Waals surface area contributed by atoms with Gasteiger partial charge in [-0.25, -0.2) is 4.79 Å². The van der Waals surface area contributed by atoms with Crippen LogP contribution in [-0.2, 0) is 6.42 Å². The number of methoxy groups -OCH3 is 3. The largest absolute Gasteiger partial charge is 0.497 e. The van der Waals surface area contributed by atoms with Crippen LogP contribution in [0.25, 0.3) is 0 Å². The molecule has 0 radical (unpaired) electrons. The van der Waals surface area contributed by atoms with E-state index < -0.39 is 6.04 Å². The van der Waals surface area contributed by atoms with Gasteiger partial charge in [0.2, 0.25) is 0 Å². The number of hydrogen-bond acceptors (Lipinski definition) is 5. The van der Waals surface area contributed by atoms with Crippen molar-refractivity contribution in [3.63, 3.8) is 0 Å². The zero-order valence-electron chi connectivity index (χ0n) is 21.0. The van der Waals surface area contributed by atoms with Gasteiger partial charge in [0.25, 0.3) is 5.91 Å². The summed E-state index contributed by atoms with van der Waals surface area (Å²) in [5.41, 5.74) is 4.25. The van der Waals surface area contributed by atoms with Gasteiger partial charge in [-0.2, -0.15) is 0 Å². The zero-order valence-corrected chi connectivity index (χ0v) is 21.0. The molecule has 0 fully saturated rings. The number of urea groups is 1. The predicted molar refractivity (Wildman–Crippen MR) is 138 cm³/mol. The van der Waals surface area contributed by atoms with E-state index in [0.29, 0.717) is 35.8 Å². The molecule has 188 valence electrons. The summed E-state index contributed by atoms with van der Waals surface area (Å²) < 4.78 is 16.2. The van der Waals surface area contributed by atoms with Crippen LogP contribution in [0.4, 0.5) is 10.5 Å². The van der Waals surface area contributed by atoms with Crippen LogP contribution >= 0.6 is 0 Å². The Morgan fingerprint density at radius 2 is 1.67 bits per heavy atom. The van der Waals surface area contributed by atoms with Crippen molar-refractivity contribution in [2.75, 3.05) is 39.7 Å². The summed E-state index contributed by atoms with van der Waals surface area (Å²) in [5.74, 6) is 1.65. The lowest BCUT2D eigenvalue weighted by Crippen LogP contribution is -2.46. The maximum atomic E-state index is 13.4. The van der Waals surface area contributed by atoms with Crippen LogP contribution in [0.15, 0.2) is 60.7 Å². The second-order valence-corrected chi connectivity index (χ2v) is 8.60. The molecular weight excluding hydrogens is 458 g/mol. The summed E-state index contributed by atoms with van der Waals surface area (Å²) >= 11 is 0. The summed E-state index contributed by atoms with van der Waals surface area (Å²) in [5, 5.41) is 6.00. The summed E-state index contributed by atoms with van der Waals surface area (Å²) in [4.78, 5) is 28.1. The average molecular weight is 490 g/mol. The molecule has 1 atom stereocenters. The van der Waals surface area contributed by atoms with Crippen molar-refractivity contribution in [2.24, 2.45) is 0 Å². The van der Waals surface area contributed by atoms with Gasteiger partial charge in [0.05, 0.1) is 27.4 Å². The number of benzene rings is 3. The molecular formula is C28H31N3O5. The lowest BCUT2D eigenvalue weighted by molar-refractivity contribution is 0.0936. The van der Waals surface area contributed by atoms with E-state index in [9.17, 15) is 9.59 Å². The Morgan fingerprint density at radius 3 is 2.33 bits per heavy atom. The minimum atomic E-state index is -0.402. The van der Waals surface area contributed by atoms with Crippen molar-refractivity contribution >= 4 is 17.6 Å². The maximum Gasteiger partial charge on any atom is 0.322 e. The maximum absolute atomic E-state index is 13.4. The number of anilines is 1. The van der Waals surface area contributed by atoms with Crippen LogP contribution in [0.3, 0.4) is 0 Å². The molecule has 0 spiro atoms. The highest BCUT2D eigenvalue weighted by atomic mass is 16.5. The van der Waals surface area contributed by atoms with Crippen LogP contribution < -0.4 is 24.8 Å². The number of aryl methyl sites for hydroxylation is 1. The number of nitrogens with zero attached hydrogens (tertiary/aromatic N) is 1. The number of rotatable bonds is 7. The average Bonchev–Trinajstić information content (AvgIpc) is 2.90. The third-order valence-corrected chi connectivity index (χ3v) is 6.34. The first-order chi connectivity index (χ1) is 17.4. The number of carbonyl (C=O) groups is 2. The predicted octanol–water partition coefficient (Wildman–Crippen LogP) is 4.58. The van der Waals surface area contributed by atoms with Crippen LogP contribution in [0.5, 0.6) is 17.2 Å². The molecule has 1 heterocycles. The van der Waals surface area contributed by atoms with Crippen molar-refractivity contribution in [1.29, 1.82) is 0 Å². The second kappa shape index (κ2) is 11.0. The Hall–Kier alpha value is -4.20. The highest BCUT2D eigenvalue weighted by molar-refractivity contribution is 5.94. The van der Waals surface area contributed by atoms with E-state index in [1.165, 1.54) is 0 Å². The molecule has 2 N–H and O–H groups in total. The summed E-state index contributed by atoms with van der Waals surface area (Å²) in [6.07, 6.45) is 0.653. The minimum Gasteiger partial charge on any atom is -0.497 e. The smallest absolute Gasteiger partial charge is 0.322 e. The molecule has 3 aromatic carbocycles. The van der Waals surface area contributed by atoms with Crippen LogP contribution in [0, 0.1) is 6.92 Å². The summed E-state index contributed by atoms with van der Waals surface area (Å²) in [6, 6.07) is 17.8. The molecule has 0 aromatic heterocycles. The number of ether oxygens (including phenoxy) is 3. The zero-order chi connectivity index (χ0) is 25.7. The molecule has 8 heteroatoms. The molecule has 3 amide bonds. The van der Waals surface area contributed by atoms with Gasteiger partial charge in [0.15, 0.2) is 11.5 Å². The lowest BCUT2D eigenvalue weighted by atomic mass is 9.91. The SMILES string of the molecule is COc1ccc(C(=O)NC[C@H]2c3cc(OC)c(OC)cc3CCN2C(=O)Nc2cccc(C)c2)cc1. The number of amides is 3. The monoisotopic (exact) mass is 489 g/mol. The highest BCUT2D eigenvalue weighted by Gasteiger charge is 2.32. The summed E-state index contributed by atoms with van der Waals surface area (Å²) in [7, 11) is 4.76. The van der Waals surface area contributed by atoms with Crippen molar-refractivity contribution < 1.29 is 23.8 Å². The molecule has 1 aliphatic rings. The van der Waals surface area contributed by atoms with Gasteiger partial charge in [-0.3, -0.25) is 4.79 Å². The molecule has 0 saturated heterocycles. The Labute approximate surface area is 211 Å². The Balaban J connectivity index is 1.61. The van der Waals surface area contributed by atoms with E-state index in [4.69, 9.17) is 14.2 Å². The fourth-order valence-corrected chi connectivity index (χ4v) is 4.44. The van der Waals surface area contributed by atoms with Gasteiger partial charge in [0.1, 0.15) is 5.75 Å². The van der Waals surface area contributed by atoms with Crippen LogP contribution in [-0.4, -0.2) is 51.3 Å². The number of carbonyl (C=O) groups excluding carboxylic acids is 2. The molecule has 4 rings (SSSR count). The van der Waals surface area contributed by atoms with Gasteiger partial charge >= 0.3 is 6.03 Å². The van der Waals surface area contributed by atoms with E-state index in [2.05, 4.69) is 10.6 Å². The number of fused-ring (bicyclic) bond motifs is 1. The van der Waals surface area contributed by atoms with Gasteiger partial charge in [-0.1, -0.05) is 12.1 Å². The molecule has 0 aliphatic carbocycles. The first-order valence-corrected chi connectivity index (χ1v) is 11.7. The fourth-order valence-electron chi connectivity index (χ4n) is 4.44. The van der Waals surface area contributed by atoms with Gasteiger partial charge in [-0.15, -0.1) is 0 Å². The molecule has 0 bridgehead atoms. The molecule has 36 heavy (non-hydrogen) atoms. The summed E-state index contributed by atoms with van der Waals surface area (Å²) in [6.45, 7) is 2.70. The third-order valence-electron chi connectivity index (χ3n) is 6.34. The first-order valence-electron chi connectivity index (χ1n) is 11.7. The Kier molecular flexibility index (Phi) is 7.63. The Morgan fingerprint density at radius 1 is 0.944 bits per heavy atom. The van der Waals surface area contributed by atoms with Crippen LogP contribution in [0.2, 0.25) is 0 Å². The van der Waals surface area contributed by atoms with Crippen molar-refractivity contribution in [3.05, 3.63) is 82.9 Å². The van der Waals surface area contributed by atoms with E-state index in [0.717, 1.165) is 22.4 Å². The van der Waals surface area contributed by atoms with Crippen molar-refractivity contribution in [3.8, 4) is 17.2 Å². The van der Waals surface area contributed by atoms with E-state index in [1.807, 2.05) is 43.3 Å².